The Morgan fingerprint density at radius 2 is 2.00 bits per heavy atom. The molecule has 1 fully saturated rings. The van der Waals surface area contributed by atoms with Crippen LogP contribution in [0.25, 0.3) is 22.4 Å². The SMILES string of the molecule is CCCOc1ccn2c(C(C)=O)cc(-c3nc4ccccn4c3NCCN3CCOCC3)c2c1. The molecule has 1 aliphatic heterocycles. The number of nitrogens with zero attached hydrogens (tertiary/aromatic N) is 4. The van der Waals surface area contributed by atoms with Crippen LogP contribution >= 0.6 is 0 Å². The smallest absolute Gasteiger partial charge is 0.176 e. The lowest BCUT2D eigenvalue weighted by atomic mass is 10.1. The fourth-order valence-corrected chi connectivity index (χ4v) is 4.46. The number of carbonyl (C=O) groups is 1. The minimum Gasteiger partial charge on any atom is -0.493 e. The van der Waals surface area contributed by atoms with E-state index in [1.54, 1.807) is 6.92 Å². The number of nitrogens with one attached hydrogen (secondary N) is 1. The number of aromatic nitrogens is 3. The topological polar surface area (TPSA) is 72.5 Å². The first-order chi connectivity index (χ1) is 16.7. The molecule has 0 radical (unpaired) electrons. The van der Waals surface area contributed by atoms with Crippen LogP contribution in [0.15, 0.2) is 48.8 Å². The van der Waals surface area contributed by atoms with Crippen molar-refractivity contribution in [3.8, 4) is 17.0 Å². The van der Waals surface area contributed by atoms with Crippen molar-refractivity contribution in [1.82, 2.24) is 18.7 Å². The average Bonchev–Trinajstić information content (AvgIpc) is 3.42. The second-order valence-electron chi connectivity index (χ2n) is 8.58. The van der Waals surface area contributed by atoms with Gasteiger partial charge in [0, 0.05) is 57.1 Å². The maximum Gasteiger partial charge on any atom is 0.176 e. The highest BCUT2D eigenvalue weighted by molar-refractivity contribution is 5.99. The first kappa shape index (κ1) is 22.4. The third-order valence-corrected chi connectivity index (χ3v) is 6.19. The largest absolute Gasteiger partial charge is 0.493 e. The molecule has 0 unspecified atom stereocenters. The van der Waals surface area contributed by atoms with Gasteiger partial charge in [-0.15, -0.1) is 0 Å². The van der Waals surface area contributed by atoms with Gasteiger partial charge in [0.25, 0.3) is 0 Å². The van der Waals surface area contributed by atoms with Crippen molar-refractivity contribution in [1.29, 1.82) is 0 Å². The van der Waals surface area contributed by atoms with Gasteiger partial charge in [0.15, 0.2) is 5.78 Å². The zero-order chi connectivity index (χ0) is 23.5. The summed E-state index contributed by atoms with van der Waals surface area (Å²) in [6, 6.07) is 11.8. The maximum absolute atomic E-state index is 12.5. The quantitative estimate of drug-likeness (QED) is 0.380. The van der Waals surface area contributed by atoms with E-state index in [1.165, 1.54) is 0 Å². The molecule has 4 aromatic rings. The number of morpholine rings is 1. The van der Waals surface area contributed by atoms with E-state index in [-0.39, 0.29) is 5.78 Å². The zero-order valence-corrected chi connectivity index (χ0v) is 19.8. The molecule has 0 aliphatic carbocycles. The Morgan fingerprint density at radius 1 is 1.15 bits per heavy atom. The van der Waals surface area contributed by atoms with Gasteiger partial charge < -0.3 is 19.2 Å². The predicted molar refractivity (Wildman–Crippen MR) is 133 cm³/mol. The van der Waals surface area contributed by atoms with Crippen LogP contribution in [-0.2, 0) is 4.74 Å². The van der Waals surface area contributed by atoms with Crippen molar-refractivity contribution in [2.45, 2.75) is 20.3 Å². The van der Waals surface area contributed by atoms with E-state index in [0.29, 0.717) is 12.3 Å². The van der Waals surface area contributed by atoms with Crippen LogP contribution < -0.4 is 10.1 Å². The Bertz CT molecular complexity index is 1300. The van der Waals surface area contributed by atoms with Gasteiger partial charge in [0.05, 0.1) is 31.0 Å². The van der Waals surface area contributed by atoms with Crippen LogP contribution in [0, 0.1) is 0 Å². The highest BCUT2D eigenvalue weighted by Gasteiger charge is 2.21. The number of rotatable bonds is 9. The first-order valence-electron chi connectivity index (χ1n) is 12.0. The van der Waals surface area contributed by atoms with E-state index in [2.05, 4.69) is 21.5 Å². The van der Waals surface area contributed by atoms with Crippen molar-refractivity contribution in [2.24, 2.45) is 0 Å². The number of anilines is 1. The molecular formula is C26H31N5O3. The Balaban J connectivity index is 1.56. The third-order valence-electron chi connectivity index (χ3n) is 6.19. The molecular weight excluding hydrogens is 430 g/mol. The molecule has 0 amide bonds. The molecule has 4 aromatic heterocycles. The summed E-state index contributed by atoms with van der Waals surface area (Å²) >= 11 is 0. The summed E-state index contributed by atoms with van der Waals surface area (Å²) in [5.41, 5.74) is 4.12. The number of pyridine rings is 2. The fraction of sp³-hybridized carbons (Fsp3) is 0.385. The van der Waals surface area contributed by atoms with Crippen LogP contribution in [0.3, 0.4) is 0 Å². The Hall–Kier alpha value is -3.36. The molecule has 0 saturated carbocycles. The van der Waals surface area contributed by atoms with Crippen molar-refractivity contribution in [3.05, 3.63) is 54.5 Å². The minimum absolute atomic E-state index is 0.00840. The van der Waals surface area contributed by atoms with Crippen LogP contribution in [0.2, 0.25) is 0 Å². The fourth-order valence-electron chi connectivity index (χ4n) is 4.46. The maximum atomic E-state index is 12.5. The van der Waals surface area contributed by atoms with Crippen molar-refractivity contribution >= 4 is 22.8 Å². The standard InChI is InChI=1S/C26H31N5O3/c1-3-14-34-20-7-10-30-22(19(2)32)18-21(23(30)17-20)25-26(31-9-5-4-6-24(31)28-25)27-8-11-29-12-15-33-16-13-29/h4-7,9-10,17-18,27H,3,8,11-16H2,1-2H3. The number of carbonyl (C=O) groups excluding carboxylic acids is 1. The van der Waals surface area contributed by atoms with Crippen LogP contribution in [0.4, 0.5) is 5.82 Å². The molecule has 178 valence electrons. The van der Waals surface area contributed by atoms with E-state index < -0.39 is 0 Å². The van der Waals surface area contributed by atoms with Crippen molar-refractivity contribution < 1.29 is 14.3 Å². The van der Waals surface area contributed by atoms with Gasteiger partial charge in [0.2, 0.25) is 0 Å². The van der Waals surface area contributed by atoms with Crippen LogP contribution in [0.5, 0.6) is 5.75 Å². The molecule has 0 atom stereocenters. The molecule has 8 nitrogen and oxygen atoms in total. The molecule has 0 aromatic carbocycles. The van der Waals surface area contributed by atoms with E-state index in [0.717, 1.165) is 79.8 Å². The molecule has 5 rings (SSSR count). The number of Topliss-reactive ketones (excluding diaryl/α,β-unsaturated/α-hetero) is 1. The van der Waals surface area contributed by atoms with Gasteiger partial charge in [-0.25, -0.2) is 4.98 Å². The van der Waals surface area contributed by atoms with Gasteiger partial charge in [-0.05, 0) is 30.7 Å². The average molecular weight is 462 g/mol. The second kappa shape index (κ2) is 9.87. The molecule has 0 spiro atoms. The van der Waals surface area contributed by atoms with E-state index >= 15 is 0 Å². The number of ether oxygens (including phenoxy) is 2. The summed E-state index contributed by atoms with van der Waals surface area (Å²) in [5, 5.41) is 3.63. The number of hydrogen-bond donors (Lipinski definition) is 1. The van der Waals surface area contributed by atoms with Gasteiger partial charge in [0.1, 0.15) is 22.9 Å². The lowest BCUT2D eigenvalue weighted by Crippen LogP contribution is -2.39. The second-order valence-corrected chi connectivity index (χ2v) is 8.58. The van der Waals surface area contributed by atoms with E-state index in [1.807, 2.05) is 53.2 Å². The highest BCUT2D eigenvalue weighted by Crippen LogP contribution is 2.35. The summed E-state index contributed by atoms with van der Waals surface area (Å²) in [4.78, 5) is 19.8. The van der Waals surface area contributed by atoms with E-state index in [4.69, 9.17) is 14.5 Å². The monoisotopic (exact) mass is 461 g/mol. The van der Waals surface area contributed by atoms with Gasteiger partial charge in [-0.3, -0.25) is 14.1 Å². The van der Waals surface area contributed by atoms with Crippen LogP contribution in [-0.4, -0.2) is 70.5 Å². The van der Waals surface area contributed by atoms with Gasteiger partial charge in [-0.2, -0.15) is 0 Å². The van der Waals surface area contributed by atoms with E-state index in [9.17, 15) is 4.79 Å². The molecule has 1 N–H and O–H groups in total. The van der Waals surface area contributed by atoms with Gasteiger partial charge in [-0.1, -0.05) is 13.0 Å². The molecule has 0 bridgehead atoms. The third kappa shape index (κ3) is 4.38. The summed E-state index contributed by atoms with van der Waals surface area (Å²) in [6.07, 6.45) is 4.85. The van der Waals surface area contributed by atoms with Crippen molar-refractivity contribution in [2.75, 3.05) is 51.3 Å². The Kier molecular flexibility index (Phi) is 6.51. The molecule has 1 aliphatic rings. The molecule has 8 heteroatoms. The molecule has 34 heavy (non-hydrogen) atoms. The van der Waals surface area contributed by atoms with Gasteiger partial charge >= 0.3 is 0 Å². The lowest BCUT2D eigenvalue weighted by molar-refractivity contribution is 0.0398. The summed E-state index contributed by atoms with van der Waals surface area (Å²) in [6.45, 7) is 9.51. The number of hydrogen-bond acceptors (Lipinski definition) is 6. The predicted octanol–water partition coefficient (Wildman–Crippen LogP) is 3.99. The lowest BCUT2D eigenvalue weighted by Gasteiger charge is -2.26. The highest BCUT2D eigenvalue weighted by atomic mass is 16.5. The summed E-state index contributed by atoms with van der Waals surface area (Å²) in [5.74, 6) is 1.72. The van der Waals surface area contributed by atoms with Crippen LogP contribution in [0.1, 0.15) is 30.8 Å². The Labute approximate surface area is 199 Å². The summed E-state index contributed by atoms with van der Waals surface area (Å²) in [7, 11) is 0. The number of fused-ring (bicyclic) bond motifs is 2. The number of ketones is 1. The zero-order valence-electron chi connectivity index (χ0n) is 19.8. The Morgan fingerprint density at radius 3 is 2.79 bits per heavy atom. The summed E-state index contributed by atoms with van der Waals surface area (Å²) < 4.78 is 15.4. The first-order valence-corrected chi connectivity index (χ1v) is 12.0. The van der Waals surface area contributed by atoms with Crippen molar-refractivity contribution in [3.63, 3.8) is 0 Å². The normalized spacial score (nSPS) is 14.6. The number of imidazole rings is 1. The molecule has 5 heterocycles. The molecule has 1 saturated heterocycles. The minimum atomic E-state index is 0.00840.